The normalized spacial score (nSPS) is 19.1. The molecule has 2 aliphatic rings. The number of rotatable bonds is 5. The van der Waals surface area contributed by atoms with Crippen LogP contribution in [-0.2, 0) is 17.4 Å². The summed E-state index contributed by atoms with van der Waals surface area (Å²) in [7, 11) is 0. The number of nitrogens with one attached hydrogen (secondary N) is 1. The van der Waals surface area contributed by atoms with Crippen LogP contribution in [0.1, 0.15) is 61.1 Å². The number of urea groups is 1. The summed E-state index contributed by atoms with van der Waals surface area (Å²) < 4.78 is 53.7. The molecule has 210 valence electrons. The predicted molar refractivity (Wildman–Crippen MR) is 145 cm³/mol. The van der Waals surface area contributed by atoms with Gasteiger partial charge in [-0.3, -0.25) is 9.69 Å². The molecule has 1 heterocycles. The fraction of sp³-hybridized carbons (Fsp3) is 0.355. The lowest BCUT2D eigenvalue weighted by molar-refractivity contribution is -0.138. The van der Waals surface area contributed by atoms with E-state index < -0.39 is 35.2 Å². The highest BCUT2D eigenvalue weighted by atomic mass is 19.4. The average Bonchev–Trinajstić information content (AvgIpc) is 2.93. The molecule has 1 saturated carbocycles. The van der Waals surface area contributed by atoms with Crippen molar-refractivity contribution in [2.45, 2.75) is 57.0 Å². The van der Waals surface area contributed by atoms with E-state index in [-0.39, 0.29) is 12.3 Å². The number of alkyl halides is 3. The van der Waals surface area contributed by atoms with E-state index in [2.05, 4.69) is 29.6 Å². The standard InChI is InChI=1S/C31H30F4N2O3/c32-25-12-13-27(26(18-25)31(33,34)35)36-30(40)37-15-1-2-24-17-23(11-14-28(24)37)22-9-7-21(8-10-22)20-5-3-19(4-6-20)16-29(38)39/h7-14,17-20H,1-6,15-16H2,(H,36,40)(H,38,39). The third-order valence-corrected chi connectivity index (χ3v) is 8.00. The number of aryl methyl sites for hydroxylation is 1. The van der Waals surface area contributed by atoms with Gasteiger partial charge in [-0.1, -0.05) is 30.3 Å². The minimum absolute atomic E-state index is 0.240. The lowest BCUT2D eigenvalue weighted by Gasteiger charge is -2.30. The summed E-state index contributed by atoms with van der Waals surface area (Å²) >= 11 is 0. The maximum atomic E-state index is 13.5. The Morgan fingerprint density at radius 1 is 0.925 bits per heavy atom. The molecule has 9 heteroatoms. The maximum Gasteiger partial charge on any atom is 0.418 e. The van der Waals surface area contributed by atoms with Crippen LogP contribution < -0.4 is 10.2 Å². The third-order valence-electron chi connectivity index (χ3n) is 8.00. The highest BCUT2D eigenvalue weighted by molar-refractivity contribution is 6.03. The second-order valence-corrected chi connectivity index (χ2v) is 10.7. The van der Waals surface area contributed by atoms with Crippen molar-refractivity contribution < 1.29 is 32.3 Å². The Bertz CT molecular complexity index is 1400. The second-order valence-electron chi connectivity index (χ2n) is 10.7. The molecule has 0 saturated heterocycles. The fourth-order valence-corrected chi connectivity index (χ4v) is 5.92. The van der Waals surface area contributed by atoms with E-state index in [1.165, 1.54) is 10.5 Å². The summed E-state index contributed by atoms with van der Waals surface area (Å²) in [4.78, 5) is 25.5. The Morgan fingerprint density at radius 2 is 1.62 bits per heavy atom. The first-order chi connectivity index (χ1) is 19.1. The molecule has 0 radical (unpaired) electrons. The highest BCUT2D eigenvalue weighted by Gasteiger charge is 2.35. The number of carboxylic acids is 1. The van der Waals surface area contributed by atoms with E-state index >= 15 is 0 Å². The molecule has 40 heavy (non-hydrogen) atoms. The van der Waals surface area contributed by atoms with Gasteiger partial charge in [-0.15, -0.1) is 0 Å². The van der Waals surface area contributed by atoms with Crippen LogP contribution in [0, 0.1) is 11.7 Å². The summed E-state index contributed by atoms with van der Waals surface area (Å²) in [6.45, 7) is 0.351. The number of nitrogens with zero attached hydrogens (tertiary/aromatic N) is 1. The van der Waals surface area contributed by atoms with Crippen molar-refractivity contribution in [1.29, 1.82) is 0 Å². The molecule has 0 aromatic heterocycles. The van der Waals surface area contributed by atoms with Gasteiger partial charge in [0, 0.05) is 18.7 Å². The lowest BCUT2D eigenvalue weighted by atomic mass is 9.77. The zero-order chi connectivity index (χ0) is 28.4. The summed E-state index contributed by atoms with van der Waals surface area (Å²) in [5.74, 6) is -1.08. The van der Waals surface area contributed by atoms with Gasteiger partial charge in [-0.2, -0.15) is 13.2 Å². The van der Waals surface area contributed by atoms with E-state index in [4.69, 9.17) is 5.11 Å². The van der Waals surface area contributed by atoms with Gasteiger partial charge in [0.1, 0.15) is 5.82 Å². The minimum Gasteiger partial charge on any atom is -0.481 e. The molecule has 0 unspecified atom stereocenters. The largest absolute Gasteiger partial charge is 0.481 e. The monoisotopic (exact) mass is 554 g/mol. The molecule has 2 N–H and O–H groups in total. The third kappa shape index (κ3) is 6.13. The molecule has 0 atom stereocenters. The molecule has 1 aliphatic carbocycles. The van der Waals surface area contributed by atoms with Gasteiger partial charge in [0.25, 0.3) is 0 Å². The van der Waals surface area contributed by atoms with Crippen LogP contribution in [0.2, 0.25) is 0 Å². The predicted octanol–water partition coefficient (Wildman–Crippen LogP) is 8.24. The number of carbonyl (C=O) groups is 2. The fourth-order valence-electron chi connectivity index (χ4n) is 5.92. The van der Waals surface area contributed by atoms with Crippen molar-refractivity contribution in [3.63, 3.8) is 0 Å². The molecular weight excluding hydrogens is 524 g/mol. The van der Waals surface area contributed by atoms with E-state index in [0.29, 0.717) is 30.6 Å². The van der Waals surface area contributed by atoms with E-state index in [1.54, 1.807) is 0 Å². The lowest BCUT2D eigenvalue weighted by Crippen LogP contribution is -2.39. The summed E-state index contributed by atoms with van der Waals surface area (Å²) in [5.41, 5.74) is 3.10. The zero-order valence-corrected chi connectivity index (χ0v) is 21.8. The Morgan fingerprint density at radius 3 is 2.30 bits per heavy atom. The summed E-state index contributed by atoms with van der Waals surface area (Å²) in [6.07, 6.45) is 0.627. The zero-order valence-electron chi connectivity index (χ0n) is 21.8. The van der Waals surface area contributed by atoms with Crippen LogP contribution in [0.25, 0.3) is 11.1 Å². The molecule has 1 fully saturated rings. The van der Waals surface area contributed by atoms with Gasteiger partial charge in [0.15, 0.2) is 0 Å². The van der Waals surface area contributed by atoms with E-state index in [0.717, 1.165) is 60.9 Å². The van der Waals surface area contributed by atoms with Crippen molar-refractivity contribution in [3.8, 4) is 11.1 Å². The van der Waals surface area contributed by atoms with Gasteiger partial charge in [-0.25, -0.2) is 9.18 Å². The Balaban J connectivity index is 1.29. The Kier molecular flexibility index (Phi) is 7.83. The number of anilines is 2. The van der Waals surface area contributed by atoms with Gasteiger partial charge >= 0.3 is 18.2 Å². The SMILES string of the molecule is O=C(O)CC1CCC(c2ccc(-c3ccc4c(c3)CCCN4C(=O)Nc3ccc(F)cc3C(F)(F)F)cc2)CC1. The highest BCUT2D eigenvalue weighted by Crippen LogP contribution is 2.39. The summed E-state index contributed by atoms with van der Waals surface area (Å²) in [5, 5.41) is 11.4. The smallest absolute Gasteiger partial charge is 0.418 e. The molecule has 3 aromatic rings. The minimum atomic E-state index is -4.81. The van der Waals surface area contributed by atoms with Crippen molar-refractivity contribution >= 4 is 23.4 Å². The van der Waals surface area contributed by atoms with Crippen LogP contribution in [-0.4, -0.2) is 23.7 Å². The van der Waals surface area contributed by atoms with Crippen LogP contribution in [0.5, 0.6) is 0 Å². The van der Waals surface area contributed by atoms with Crippen molar-refractivity contribution in [3.05, 3.63) is 83.2 Å². The molecule has 0 bridgehead atoms. The van der Waals surface area contributed by atoms with E-state index in [1.807, 2.05) is 18.2 Å². The molecule has 5 rings (SSSR count). The molecule has 3 aromatic carbocycles. The van der Waals surface area contributed by atoms with Gasteiger partial charge in [-0.05, 0) is 103 Å². The van der Waals surface area contributed by atoms with Crippen molar-refractivity contribution in [1.82, 2.24) is 0 Å². The first-order valence-electron chi connectivity index (χ1n) is 13.5. The van der Waals surface area contributed by atoms with Crippen LogP contribution >= 0.6 is 0 Å². The van der Waals surface area contributed by atoms with E-state index in [9.17, 15) is 27.2 Å². The number of hydrogen-bond acceptors (Lipinski definition) is 2. The number of halogens is 4. The number of aliphatic carboxylic acids is 1. The number of benzene rings is 3. The van der Waals surface area contributed by atoms with Crippen LogP contribution in [0.3, 0.4) is 0 Å². The average molecular weight is 555 g/mol. The quantitative estimate of drug-likeness (QED) is 0.312. The van der Waals surface area contributed by atoms with Crippen LogP contribution in [0.15, 0.2) is 60.7 Å². The number of hydrogen-bond donors (Lipinski definition) is 2. The first kappa shape index (κ1) is 27.7. The van der Waals surface area contributed by atoms with Gasteiger partial charge in [0.05, 0.1) is 11.3 Å². The van der Waals surface area contributed by atoms with Crippen molar-refractivity contribution in [2.24, 2.45) is 5.92 Å². The number of fused-ring (bicyclic) bond motifs is 1. The number of amides is 2. The molecule has 2 amide bonds. The van der Waals surface area contributed by atoms with Gasteiger partial charge in [0.2, 0.25) is 0 Å². The Labute approximate surface area is 229 Å². The second kappa shape index (κ2) is 11.3. The molecule has 1 aliphatic heterocycles. The maximum absolute atomic E-state index is 13.5. The first-order valence-corrected chi connectivity index (χ1v) is 13.5. The molecule has 0 spiro atoms. The number of carboxylic acid groups (broad SMARTS) is 1. The van der Waals surface area contributed by atoms with Crippen LogP contribution in [0.4, 0.5) is 33.7 Å². The number of carbonyl (C=O) groups excluding carboxylic acids is 1. The summed E-state index contributed by atoms with van der Waals surface area (Å²) in [6, 6.07) is 15.6. The Hall–Kier alpha value is -3.88. The molecular formula is C31H30F4N2O3. The van der Waals surface area contributed by atoms with Crippen molar-refractivity contribution in [2.75, 3.05) is 16.8 Å². The molecule has 5 nitrogen and oxygen atoms in total. The topological polar surface area (TPSA) is 69.6 Å². The van der Waals surface area contributed by atoms with Gasteiger partial charge < -0.3 is 10.4 Å².